The van der Waals surface area contributed by atoms with Gasteiger partial charge >= 0.3 is 5.97 Å². The second-order valence-corrected chi connectivity index (χ2v) is 6.61. The van der Waals surface area contributed by atoms with Crippen molar-refractivity contribution in [3.8, 4) is 11.5 Å². The van der Waals surface area contributed by atoms with Crippen molar-refractivity contribution in [2.24, 2.45) is 0 Å². The van der Waals surface area contributed by atoms with Crippen molar-refractivity contribution in [1.29, 1.82) is 0 Å². The van der Waals surface area contributed by atoms with E-state index in [1.807, 2.05) is 0 Å². The molecule has 1 aliphatic heterocycles. The topological polar surface area (TPSA) is 113 Å². The van der Waals surface area contributed by atoms with Crippen molar-refractivity contribution in [2.45, 2.75) is 12.5 Å². The molecule has 0 aromatic heterocycles. The average Bonchev–Trinajstić information content (AvgIpc) is 3.01. The molecule has 2 aromatic rings. The normalized spacial score (nSPS) is 17.8. The standard InChI is InChI=1S/C22H21NO7/c1-29-14-8-9-16(30-2)15(12-14)19-18(20(26)13-6-4-3-5-7-13)21(27)22(28)23(19)11-10-17(24)25/h3-9,12,19,26H,10-11H2,1-2H3,(H,24,25)/b20-18+. The van der Waals surface area contributed by atoms with Crippen molar-refractivity contribution in [2.75, 3.05) is 20.8 Å². The Morgan fingerprint density at radius 3 is 2.33 bits per heavy atom. The Hall–Kier alpha value is -3.81. The van der Waals surface area contributed by atoms with Gasteiger partial charge in [0.2, 0.25) is 0 Å². The number of aliphatic hydroxyl groups excluding tert-OH is 1. The summed E-state index contributed by atoms with van der Waals surface area (Å²) in [5.74, 6) is -2.42. The number of nitrogens with zero attached hydrogens (tertiary/aromatic N) is 1. The number of methoxy groups -OCH3 is 2. The fraction of sp³-hybridized carbons (Fsp3) is 0.227. The zero-order valence-corrected chi connectivity index (χ0v) is 16.5. The van der Waals surface area contributed by atoms with Gasteiger partial charge in [-0.1, -0.05) is 30.3 Å². The van der Waals surface area contributed by atoms with Crippen molar-refractivity contribution < 1.29 is 34.1 Å². The van der Waals surface area contributed by atoms with Crippen molar-refractivity contribution in [3.63, 3.8) is 0 Å². The first kappa shape index (κ1) is 20.9. The minimum Gasteiger partial charge on any atom is -0.507 e. The van der Waals surface area contributed by atoms with Crippen LogP contribution >= 0.6 is 0 Å². The van der Waals surface area contributed by atoms with Gasteiger partial charge in [-0.15, -0.1) is 0 Å². The molecule has 0 radical (unpaired) electrons. The minimum atomic E-state index is -1.11. The minimum absolute atomic E-state index is 0.136. The molecule has 0 spiro atoms. The molecular weight excluding hydrogens is 390 g/mol. The summed E-state index contributed by atoms with van der Waals surface area (Å²) in [4.78, 5) is 37.9. The number of ketones is 1. The Morgan fingerprint density at radius 2 is 1.73 bits per heavy atom. The molecule has 8 nitrogen and oxygen atoms in total. The summed E-state index contributed by atoms with van der Waals surface area (Å²) in [6, 6.07) is 12.2. The molecule has 1 fully saturated rings. The third kappa shape index (κ3) is 3.84. The number of aliphatic carboxylic acids is 1. The van der Waals surface area contributed by atoms with Crippen LogP contribution in [0.25, 0.3) is 5.76 Å². The number of carboxylic acids is 1. The Kier molecular flexibility index (Phi) is 6.06. The van der Waals surface area contributed by atoms with Crippen LogP contribution in [0.5, 0.6) is 11.5 Å². The summed E-state index contributed by atoms with van der Waals surface area (Å²) in [6.07, 6.45) is -0.360. The Labute approximate surface area is 173 Å². The number of ether oxygens (including phenoxy) is 2. The molecule has 0 bridgehead atoms. The number of Topliss-reactive ketones (excluding diaryl/α,β-unsaturated/α-hetero) is 1. The van der Waals surface area contributed by atoms with Crippen LogP contribution < -0.4 is 9.47 Å². The van der Waals surface area contributed by atoms with E-state index in [9.17, 15) is 19.5 Å². The van der Waals surface area contributed by atoms with Crippen LogP contribution in [0.1, 0.15) is 23.6 Å². The summed E-state index contributed by atoms with van der Waals surface area (Å²) in [5, 5.41) is 20.0. The first-order valence-electron chi connectivity index (χ1n) is 9.16. The number of hydrogen-bond acceptors (Lipinski definition) is 6. The maximum atomic E-state index is 12.9. The molecule has 1 atom stereocenters. The van der Waals surface area contributed by atoms with Crippen LogP contribution in [0.15, 0.2) is 54.1 Å². The van der Waals surface area contributed by atoms with Crippen LogP contribution in [0.2, 0.25) is 0 Å². The molecule has 2 aromatic carbocycles. The summed E-state index contributed by atoms with van der Waals surface area (Å²) < 4.78 is 10.7. The van der Waals surface area contributed by atoms with Gasteiger partial charge in [0, 0.05) is 17.7 Å². The van der Waals surface area contributed by atoms with Gasteiger partial charge < -0.3 is 24.6 Å². The number of hydrogen-bond donors (Lipinski definition) is 2. The van der Waals surface area contributed by atoms with Gasteiger partial charge in [-0.25, -0.2) is 0 Å². The first-order valence-corrected chi connectivity index (χ1v) is 9.16. The second kappa shape index (κ2) is 8.69. The fourth-order valence-corrected chi connectivity index (χ4v) is 3.45. The van der Waals surface area contributed by atoms with E-state index in [2.05, 4.69) is 0 Å². The third-order valence-corrected chi connectivity index (χ3v) is 4.89. The second-order valence-electron chi connectivity index (χ2n) is 6.61. The highest BCUT2D eigenvalue weighted by Crippen LogP contribution is 2.43. The van der Waals surface area contributed by atoms with E-state index >= 15 is 0 Å². The largest absolute Gasteiger partial charge is 0.507 e. The van der Waals surface area contributed by atoms with Gasteiger partial charge in [0.05, 0.1) is 32.3 Å². The molecule has 1 unspecified atom stereocenters. The summed E-state index contributed by atoms with van der Waals surface area (Å²) in [5.41, 5.74) is 0.627. The molecule has 1 heterocycles. The summed E-state index contributed by atoms with van der Waals surface area (Å²) >= 11 is 0. The summed E-state index contributed by atoms with van der Waals surface area (Å²) in [7, 11) is 2.91. The maximum Gasteiger partial charge on any atom is 0.305 e. The number of aliphatic hydroxyl groups is 1. The summed E-state index contributed by atoms with van der Waals surface area (Å²) in [6.45, 7) is -0.212. The third-order valence-electron chi connectivity index (χ3n) is 4.89. The van der Waals surface area contributed by atoms with E-state index < -0.39 is 23.7 Å². The zero-order valence-electron chi connectivity index (χ0n) is 16.5. The van der Waals surface area contributed by atoms with Crippen LogP contribution in [-0.2, 0) is 14.4 Å². The lowest BCUT2D eigenvalue weighted by atomic mass is 9.94. The lowest BCUT2D eigenvalue weighted by molar-refractivity contribution is -0.142. The van der Waals surface area contributed by atoms with Crippen molar-refractivity contribution >= 4 is 23.4 Å². The van der Waals surface area contributed by atoms with Gasteiger partial charge in [0.15, 0.2) is 0 Å². The number of rotatable bonds is 7. The molecule has 0 aliphatic carbocycles. The van der Waals surface area contributed by atoms with E-state index in [0.29, 0.717) is 22.6 Å². The van der Waals surface area contributed by atoms with E-state index in [1.54, 1.807) is 48.5 Å². The van der Waals surface area contributed by atoms with Gasteiger partial charge in [-0.3, -0.25) is 14.4 Å². The Morgan fingerprint density at radius 1 is 1.03 bits per heavy atom. The highest BCUT2D eigenvalue weighted by atomic mass is 16.5. The van der Waals surface area contributed by atoms with Crippen LogP contribution in [-0.4, -0.2) is 53.5 Å². The lowest BCUT2D eigenvalue weighted by Crippen LogP contribution is -2.32. The molecule has 8 heteroatoms. The number of carbonyl (C=O) groups excluding carboxylic acids is 2. The van der Waals surface area contributed by atoms with Gasteiger partial charge in [0.25, 0.3) is 11.7 Å². The fourth-order valence-electron chi connectivity index (χ4n) is 3.45. The van der Waals surface area contributed by atoms with E-state index in [1.165, 1.54) is 14.2 Å². The van der Waals surface area contributed by atoms with Gasteiger partial charge in [0.1, 0.15) is 17.3 Å². The predicted molar refractivity (Wildman–Crippen MR) is 107 cm³/mol. The molecular formula is C22H21NO7. The molecule has 1 aliphatic rings. The monoisotopic (exact) mass is 411 g/mol. The number of carbonyl (C=O) groups is 3. The smallest absolute Gasteiger partial charge is 0.305 e. The Balaban J connectivity index is 2.24. The van der Waals surface area contributed by atoms with E-state index in [-0.39, 0.29) is 24.3 Å². The van der Waals surface area contributed by atoms with Crippen molar-refractivity contribution in [1.82, 2.24) is 4.90 Å². The quantitative estimate of drug-likeness (QED) is 0.409. The molecule has 30 heavy (non-hydrogen) atoms. The molecule has 3 rings (SSSR count). The zero-order chi connectivity index (χ0) is 21.8. The maximum absolute atomic E-state index is 12.9. The van der Waals surface area contributed by atoms with E-state index in [0.717, 1.165) is 4.90 Å². The van der Waals surface area contributed by atoms with Gasteiger partial charge in [-0.2, -0.15) is 0 Å². The lowest BCUT2D eigenvalue weighted by Gasteiger charge is -2.26. The molecule has 1 amide bonds. The molecule has 0 saturated carbocycles. The molecule has 156 valence electrons. The van der Waals surface area contributed by atoms with E-state index in [4.69, 9.17) is 14.6 Å². The van der Waals surface area contributed by atoms with Crippen LogP contribution in [0, 0.1) is 0 Å². The SMILES string of the molecule is COc1ccc(OC)c(C2/C(=C(\O)c3ccccc3)C(=O)C(=O)N2CCC(=O)O)c1. The highest BCUT2D eigenvalue weighted by molar-refractivity contribution is 6.46. The number of likely N-dealkylation sites (tertiary alicyclic amines) is 1. The number of benzene rings is 2. The predicted octanol–water partition coefficient (Wildman–Crippen LogP) is 2.60. The van der Waals surface area contributed by atoms with Gasteiger partial charge in [-0.05, 0) is 18.2 Å². The first-order chi connectivity index (χ1) is 14.4. The Bertz CT molecular complexity index is 1010. The van der Waals surface area contributed by atoms with Crippen molar-refractivity contribution in [3.05, 3.63) is 65.2 Å². The molecule has 1 saturated heterocycles. The average molecular weight is 411 g/mol. The molecule has 2 N–H and O–H groups in total. The highest BCUT2D eigenvalue weighted by Gasteiger charge is 2.47. The van der Waals surface area contributed by atoms with Crippen LogP contribution in [0.4, 0.5) is 0 Å². The number of carboxylic acid groups (broad SMARTS) is 1. The van der Waals surface area contributed by atoms with Crippen LogP contribution in [0.3, 0.4) is 0 Å². The number of amides is 1.